The van der Waals surface area contributed by atoms with Gasteiger partial charge in [-0.3, -0.25) is 4.90 Å². The number of hydrogen-bond acceptors (Lipinski definition) is 3. The topological polar surface area (TPSA) is 35.5 Å². The van der Waals surface area contributed by atoms with Gasteiger partial charge in [-0.05, 0) is 30.9 Å². The van der Waals surface area contributed by atoms with Crippen molar-refractivity contribution in [3.63, 3.8) is 0 Å². The van der Waals surface area contributed by atoms with Crippen molar-refractivity contribution in [1.82, 2.24) is 10.2 Å². The lowest BCUT2D eigenvalue weighted by atomic mass is 10.1. The van der Waals surface area contributed by atoms with Gasteiger partial charge in [0.2, 0.25) is 0 Å². The molecule has 100 valence electrons. The van der Waals surface area contributed by atoms with Crippen LogP contribution in [0.5, 0.6) is 0 Å². The fourth-order valence-corrected chi connectivity index (χ4v) is 2.31. The Balaban J connectivity index is 1.83. The minimum Gasteiger partial charge on any atom is -0.393 e. The molecule has 1 atom stereocenters. The van der Waals surface area contributed by atoms with Crippen molar-refractivity contribution in [2.75, 3.05) is 26.2 Å². The molecule has 0 aromatic heterocycles. The number of aliphatic hydroxyl groups excluding tert-OH is 1. The van der Waals surface area contributed by atoms with Crippen LogP contribution in [0.2, 0.25) is 0 Å². The summed E-state index contributed by atoms with van der Waals surface area (Å²) in [6.07, 6.45) is 1.61. The molecular weight excluding hydrogens is 224 g/mol. The van der Waals surface area contributed by atoms with Crippen molar-refractivity contribution in [2.45, 2.75) is 32.4 Å². The number of nitrogens with one attached hydrogen (secondary N) is 1. The third kappa shape index (κ3) is 4.41. The van der Waals surface area contributed by atoms with Gasteiger partial charge >= 0.3 is 0 Å². The van der Waals surface area contributed by atoms with Gasteiger partial charge in [0.15, 0.2) is 0 Å². The second-order valence-corrected chi connectivity index (χ2v) is 5.23. The fraction of sp³-hybridized carbons (Fsp3) is 0.600. The normalized spacial score (nSPS) is 18.8. The molecule has 0 spiro atoms. The summed E-state index contributed by atoms with van der Waals surface area (Å²) in [5, 5.41) is 12.6. The third-order valence-corrected chi connectivity index (χ3v) is 3.49. The van der Waals surface area contributed by atoms with Crippen molar-refractivity contribution in [3.05, 3.63) is 35.4 Å². The molecule has 2 rings (SSSR count). The molecule has 0 amide bonds. The summed E-state index contributed by atoms with van der Waals surface area (Å²) in [6.45, 7) is 7.39. The van der Waals surface area contributed by atoms with Crippen LogP contribution in [0.3, 0.4) is 0 Å². The predicted octanol–water partition coefficient (Wildman–Crippen LogP) is 1.41. The monoisotopic (exact) mass is 248 g/mol. The molecular formula is C15H24N2O. The van der Waals surface area contributed by atoms with Crippen LogP contribution in [0, 0.1) is 0 Å². The second-order valence-electron chi connectivity index (χ2n) is 5.23. The van der Waals surface area contributed by atoms with Gasteiger partial charge in [0.25, 0.3) is 0 Å². The Kier molecular flexibility index (Phi) is 5.17. The Morgan fingerprint density at radius 1 is 1.17 bits per heavy atom. The average Bonchev–Trinajstić information content (AvgIpc) is 2.39. The van der Waals surface area contributed by atoms with Gasteiger partial charge in [-0.2, -0.15) is 0 Å². The SMILES string of the molecule is CC(O)CCc1ccc(CN2CCNCC2)cc1. The van der Waals surface area contributed by atoms with E-state index in [9.17, 15) is 5.11 Å². The van der Waals surface area contributed by atoms with Gasteiger partial charge in [-0.1, -0.05) is 24.3 Å². The zero-order chi connectivity index (χ0) is 12.8. The molecule has 0 radical (unpaired) electrons. The highest BCUT2D eigenvalue weighted by molar-refractivity contribution is 5.22. The van der Waals surface area contributed by atoms with E-state index in [0.717, 1.165) is 45.6 Å². The fourth-order valence-electron chi connectivity index (χ4n) is 2.31. The molecule has 1 aromatic carbocycles. The van der Waals surface area contributed by atoms with E-state index in [1.807, 2.05) is 6.92 Å². The highest BCUT2D eigenvalue weighted by atomic mass is 16.3. The van der Waals surface area contributed by atoms with E-state index in [2.05, 4.69) is 34.5 Å². The maximum Gasteiger partial charge on any atom is 0.0515 e. The minimum absolute atomic E-state index is 0.203. The largest absolute Gasteiger partial charge is 0.393 e. The first-order valence-corrected chi connectivity index (χ1v) is 6.93. The molecule has 1 unspecified atom stereocenters. The molecule has 0 saturated carbocycles. The standard InChI is InChI=1S/C15H24N2O/c1-13(18)2-3-14-4-6-15(7-5-14)12-17-10-8-16-9-11-17/h4-7,13,16,18H,2-3,8-12H2,1H3. The maximum atomic E-state index is 9.27. The molecule has 1 heterocycles. The van der Waals surface area contributed by atoms with Gasteiger partial charge in [-0.25, -0.2) is 0 Å². The maximum absolute atomic E-state index is 9.27. The van der Waals surface area contributed by atoms with E-state index >= 15 is 0 Å². The Bertz CT molecular complexity index is 342. The third-order valence-electron chi connectivity index (χ3n) is 3.49. The van der Waals surface area contributed by atoms with E-state index in [4.69, 9.17) is 0 Å². The summed E-state index contributed by atoms with van der Waals surface area (Å²) in [5.74, 6) is 0. The zero-order valence-corrected chi connectivity index (χ0v) is 11.2. The molecule has 1 aromatic rings. The molecule has 1 aliphatic rings. The Hall–Kier alpha value is -0.900. The van der Waals surface area contributed by atoms with Gasteiger partial charge in [0.05, 0.1) is 6.10 Å². The summed E-state index contributed by atoms with van der Waals surface area (Å²) < 4.78 is 0. The van der Waals surface area contributed by atoms with Crippen molar-refractivity contribution in [3.8, 4) is 0 Å². The van der Waals surface area contributed by atoms with Crippen LogP contribution in [0.15, 0.2) is 24.3 Å². The second kappa shape index (κ2) is 6.88. The summed E-state index contributed by atoms with van der Waals surface area (Å²) in [6, 6.07) is 8.83. The molecule has 1 saturated heterocycles. The lowest BCUT2D eigenvalue weighted by Crippen LogP contribution is -2.42. The lowest BCUT2D eigenvalue weighted by Gasteiger charge is -2.27. The number of rotatable bonds is 5. The van der Waals surface area contributed by atoms with Gasteiger partial charge in [-0.15, -0.1) is 0 Å². The summed E-state index contributed by atoms with van der Waals surface area (Å²) in [5.41, 5.74) is 2.71. The lowest BCUT2D eigenvalue weighted by molar-refractivity contribution is 0.185. The van der Waals surface area contributed by atoms with Gasteiger partial charge < -0.3 is 10.4 Å². The Morgan fingerprint density at radius 3 is 2.39 bits per heavy atom. The molecule has 0 aliphatic carbocycles. The first-order valence-electron chi connectivity index (χ1n) is 6.93. The summed E-state index contributed by atoms with van der Waals surface area (Å²) in [4.78, 5) is 2.49. The molecule has 18 heavy (non-hydrogen) atoms. The highest BCUT2D eigenvalue weighted by Crippen LogP contribution is 2.10. The van der Waals surface area contributed by atoms with Crippen molar-refractivity contribution in [2.24, 2.45) is 0 Å². The van der Waals surface area contributed by atoms with E-state index in [1.165, 1.54) is 11.1 Å². The number of hydrogen-bond donors (Lipinski definition) is 2. The quantitative estimate of drug-likeness (QED) is 0.827. The van der Waals surface area contributed by atoms with E-state index in [0.29, 0.717) is 0 Å². The smallest absolute Gasteiger partial charge is 0.0515 e. The van der Waals surface area contributed by atoms with Gasteiger partial charge in [0, 0.05) is 32.7 Å². The van der Waals surface area contributed by atoms with E-state index in [-0.39, 0.29) is 6.10 Å². The van der Waals surface area contributed by atoms with Crippen LogP contribution < -0.4 is 5.32 Å². The number of piperazine rings is 1. The van der Waals surface area contributed by atoms with Crippen LogP contribution in [-0.4, -0.2) is 42.3 Å². The molecule has 2 N–H and O–H groups in total. The molecule has 0 bridgehead atoms. The van der Waals surface area contributed by atoms with Crippen LogP contribution in [0.25, 0.3) is 0 Å². The molecule has 1 fully saturated rings. The number of nitrogens with zero attached hydrogens (tertiary/aromatic N) is 1. The van der Waals surface area contributed by atoms with Crippen LogP contribution in [-0.2, 0) is 13.0 Å². The van der Waals surface area contributed by atoms with Crippen molar-refractivity contribution < 1.29 is 5.11 Å². The van der Waals surface area contributed by atoms with Crippen molar-refractivity contribution in [1.29, 1.82) is 0 Å². The number of benzene rings is 1. The average molecular weight is 248 g/mol. The highest BCUT2D eigenvalue weighted by Gasteiger charge is 2.09. The Morgan fingerprint density at radius 2 is 1.78 bits per heavy atom. The number of aliphatic hydroxyl groups is 1. The Labute approximate surface area is 110 Å². The first-order chi connectivity index (χ1) is 8.74. The first kappa shape index (κ1) is 13.5. The number of aryl methyl sites for hydroxylation is 1. The predicted molar refractivity (Wildman–Crippen MR) is 74.6 cm³/mol. The van der Waals surface area contributed by atoms with Crippen molar-refractivity contribution >= 4 is 0 Å². The summed E-state index contributed by atoms with van der Waals surface area (Å²) in [7, 11) is 0. The van der Waals surface area contributed by atoms with Crippen LogP contribution in [0.4, 0.5) is 0 Å². The van der Waals surface area contributed by atoms with Crippen LogP contribution in [0.1, 0.15) is 24.5 Å². The molecule has 3 heteroatoms. The van der Waals surface area contributed by atoms with E-state index < -0.39 is 0 Å². The zero-order valence-electron chi connectivity index (χ0n) is 11.2. The van der Waals surface area contributed by atoms with Gasteiger partial charge in [0.1, 0.15) is 0 Å². The molecule has 3 nitrogen and oxygen atoms in total. The minimum atomic E-state index is -0.203. The molecule has 1 aliphatic heterocycles. The van der Waals surface area contributed by atoms with E-state index in [1.54, 1.807) is 0 Å². The summed E-state index contributed by atoms with van der Waals surface area (Å²) >= 11 is 0. The van der Waals surface area contributed by atoms with Crippen LogP contribution >= 0.6 is 0 Å².